The van der Waals surface area contributed by atoms with Gasteiger partial charge in [0.2, 0.25) is 5.91 Å². The number of amides is 1. The van der Waals surface area contributed by atoms with Crippen LogP contribution in [0.1, 0.15) is 20.3 Å². The van der Waals surface area contributed by atoms with Crippen LogP contribution in [0.3, 0.4) is 0 Å². The third-order valence-electron chi connectivity index (χ3n) is 2.37. The van der Waals surface area contributed by atoms with E-state index in [1.54, 1.807) is 12.1 Å². The molecule has 1 amide bonds. The lowest BCUT2D eigenvalue weighted by atomic mass is 10.2. The third kappa shape index (κ3) is 4.31. The Morgan fingerprint density at radius 1 is 1.38 bits per heavy atom. The van der Waals surface area contributed by atoms with Crippen LogP contribution in [0.15, 0.2) is 24.3 Å². The van der Waals surface area contributed by atoms with Gasteiger partial charge in [-0.1, -0.05) is 6.92 Å². The van der Waals surface area contributed by atoms with Gasteiger partial charge in [0.1, 0.15) is 5.75 Å². The van der Waals surface area contributed by atoms with Crippen LogP contribution < -0.4 is 10.6 Å². The van der Waals surface area contributed by atoms with Crippen molar-refractivity contribution in [1.82, 2.24) is 5.32 Å². The average Bonchev–Trinajstić information content (AvgIpc) is 2.29. The summed E-state index contributed by atoms with van der Waals surface area (Å²) in [6.45, 7) is 4.40. The molecule has 0 fully saturated rings. The first-order chi connectivity index (χ1) is 7.61. The first-order valence-electron chi connectivity index (χ1n) is 5.44. The molecule has 0 aliphatic heterocycles. The number of carbonyl (C=O) groups excluding carboxylic acids is 1. The highest BCUT2D eigenvalue weighted by atomic mass is 16.3. The minimum absolute atomic E-state index is 0.0778. The van der Waals surface area contributed by atoms with Gasteiger partial charge in [0.15, 0.2) is 0 Å². The van der Waals surface area contributed by atoms with E-state index in [-0.39, 0.29) is 11.7 Å². The largest absolute Gasteiger partial charge is 0.508 e. The monoisotopic (exact) mass is 222 g/mol. The molecule has 1 unspecified atom stereocenters. The maximum atomic E-state index is 11.5. The molecule has 1 atom stereocenters. The summed E-state index contributed by atoms with van der Waals surface area (Å²) in [5, 5.41) is 14.9. The lowest BCUT2D eigenvalue weighted by Gasteiger charge is -2.11. The van der Waals surface area contributed by atoms with Crippen molar-refractivity contribution in [2.24, 2.45) is 0 Å². The number of benzene rings is 1. The van der Waals surface area contributed by atoms with Crippen molar-refractivity contribution in [2.75, 3.05) is 11.9 Å². The lowest BCUT2D eigenvalue weighted by Crippen LogP contribution is -2.33. The number of hydrogen-bond donors (Lipinski definition) is 3. The van der Waals surface area contributed by atoms with Gasteiger partial charge in [-0.15, -0.1) is 0 Å². The molecule has 0 spiro atoms. The van der Waals surface area contributed by atoms with Crippen molar-refractivity contribution in [2.45, 2.75) is 26.3 Å². The molecule has 16 heavy (non-hydrogen) atoms. The molecule has 0 aliphatic carbocycles. The maximum Gasteiger partial charge on any atom is 0.238 e. The molecule has 0 aromatic heterocycles. The second kappa shape index (κ2) is 6.12. The van der Waals surface area contributed by atoms with Gasteiger partial charge in [-0.2, -0.15) is 0 Å². The van der Waals surface area contributed by atoms with E-state index in [1.807, 2.05) is 6.92 Å². The number of rotatable bonds is 5. The molecular weight excluding hydrogens is 204 g/mol. The number of phenolic OH excluding ortho intramolecular Hbond substituents is 1. The van der Waals surface area contributed by atoms with E-state index >= 15 is 0 Å². The molecule has 88 valence electrons. The van der Waals surface area contributed by atoms with Crippen LogP contribution in [0.5, 0.6) is 5.75 Å². The Balaban J connectivity index is 2.37. The Morgan fingerprint density at radius 2 is 2.00 bits per heavy atom. The van der Waals surface area contributed by atoms with Crippen LogP contribution in [0.2, 0.25) is 0 Å². The van der Waals surface area contributed by atoms with Crippen LogP contribution in [-0.4, -0.2) is 23.6 Å². The van der Waals surface area contributed by atoms with Crippen molar-refractivity contribution >= 4 is 11.6 Å². The standard InChI is InChI=1S/C12H18N2O2/c1-3-9(2)13-8-12(16)14-10-4-6-11(15)7-5-10/h4-7,9,13,15H,3,8H2,1-2H3,(H,14,16). The molecule has 1 aromatic carbocycles. The van der Waals surface area contributed by atoms with Crippen molar-refractivity contribution in [3.05, 3.63) is 24.3 Å². The summed E-state index contributed by atoms with van der Waals surface area (Å²) < 4.78 is 0. The number of aromatic hydroxyl groups is 1. The minimum atomic E-state index is -0.0778. The molecule has 0 aliphatic rings. The lowest BCUT2D eigenvalue weighted by molar-refractivity contribution is -0.115. The highest BCUT2D eigenvalue weighted by Crippen LogP contribution is 2.13. The predicted molar refractivity (Wildman–Crippen MR) is 64.5 cm³/mol. The number of nitrogens with one attached hydrogen (secondary N) is 2. The fraction of sp³-hybridized carbons (Fsp3) is 0.417. The Labute approximate surface area is 95.7 Å². The van der Waals surface area contributed by atoms with Gasteiger partial charge >= 0.3 is 0 Å². The third-order valence-corrected chi connectivity index (χ3v) is 2.37. The van der Waals surface area contributed by atoms with Gasteiger partial charge in [0.25, 0.3) is 0 Å². The quantitative estimate of drug-likeness (QED) is 0.665. The van der Waals surface area contributed by atoms with Crippen molar-refractivity contribution < 1.29 is 9.90 Å². The molecular formula is C12H18N2O2. The molecule has 1 rings (SSSR count). The first kappa shape index (κ1) is 12.5. The Morgan fingerprint density at radius 3 is 2.56 bits per heavy atom. The molecule has 0 saturated carbocycles. The van der Waals surface area contributed by atoms with Crippen LogP contribution in [0, 0.1) is 0 Å². The van der Waals surface area contributed by atoms with E-state index in [4.69, 9.17) is 5.11 Å². The number of phenols is 1. The molecule has 0 bridgehead atoms. The highest BCUT2D eigenvalue weighted by Gasteiger charge is 2.04. The average molecular weight is 222 g/mol. The fourth-order valence-corrected chi connectivity index (χ4v) is 1.16. The van der Waals surface area contributed by atoms with Crippen molar-refractivity contribution in [1.29, 1.82) is 0 Å². The van der Waals surface area contributed by atoms with Gasteiger partial charge in [0, 0.05) is 11.7 Å². The number of carbonyl (C=O) groups is 1. The normalized spacial score (nSPS) is 12.1. The zero-order valence-electron chi connectivity index (χ0n) is 9.66. The van der Waals surface area contributed by atoms with Crippen LogP contribution in [-0.2, 0) is 4.79 Å². The van der Waals surface area contributed by atoms with Crippen LogP contribution in [0.25, 0.3) is 0 Å². The maximum absolute atomic E-state index is 11.5. The molecule has 1 aromatic rings. The zero-order valence-corrected chi connectivity index (χ0v) is 9.66. The summed E-state index contributed by atoms with van der Waals surface area (Å²) in [6.07, 6.45) is 0.993. The topological polar surface area (TPSA) is 61.4 Å². The van der Waals surface area contributed by atoms with E-state index in [2.05, 4.69) is 17.6 Å². The minimum Gasteiger partial charge on any atom is -0.508 e. The summed E-state index contributed by atoms with van der Waals surface area (Å²) in [7, 11) is 0. The molecule has 3 N–H and O–H groups in total. The van der Waals surface area contributed by atoms with E-state index in [9.17, 15) is 4.79 Å². The van der Waals surface area contributed by atoms with Crippen LogP contribution in [0.4, 0.5) is 5.69 Å². The Kier molecular flexibility index (Phi) is 4.79. The highest BCUT2D eigenvalue weighted by molar-refractivity contribution is 5.92. The summed E-state index contributed by atoms with van der Waals surface area (Å²) in [5.74, 6) is 0.113. The van der Waals surface area contributed by atoms with Crippen molar-refractivity contribution in [3.63, 3.8) is 0 Å². The van der Waals surface area contributed by atoms with Crippen molar-refractivity contribution in [3.8, 4) is 5.75 Å². The zero-order chi connectivity index (χ0) is 12.0. The smallest absolute Gasteiger partial charge is 0.238 e. The van der Waals surface area contributed by atoms with Gasteiger partial charge in [-0.25, -0.2) is 0 Å². The Hall–Kier alpha value is -1.55. The molecule has 0 radical (unpaired) electrons. The van der Waals surface area contributed by atoms with Gasteiger partial charge in [-0.3, -0.25) is 4.79 Å². The van der Waals surface area contributed by atoms with E-state index in [1.165, 1.54) is 12.1 Å². The molecule has 0 saturated heterocycles. The SMILES string of the molecule is CCC(C)NCC(=O)Nc1ccc(O)cc1. The van der Waals surface area contributed by atoms with Crippen LogP contribution >= 0.6 is 0 Å². The molecule has 4 nitrogen and oxygen atoms in total. The molecule has 0 heterocycles. The van der Waals surface area contributed by atoms with Gasteiger partial charge < -0.3 is 15.7 Å². The first-order valence-corrected chi connectivity index (χ1v) is 5.44. The van der Waals surface area contributed by atoms with Gasteiger partial charge in [0.05, 0.1) is 6.54 Å². The molecule has 4 heteroatoms. The van der Waals surface area contributed by atoms with E-state index < -0.39 is 0 Å². The number of hydrogen-bond acceptors (Lipinski definition) is 3. The number of anilines is 1. The van der Waals surface area contributed by atoms with Gasteiger partial charge in [-0.05, 0) is 37.6 Å². The second-order valence-corrected chi connectivity index (χ2v) is 3.79. The van der Waals surface area contributed by atoms with E-state index in [0.29, 0.717) is 18.3 Å². The summed E-state index contributed by atoms with van der Waals surface area (Å²) >= 11 is 0. The predicted octanol–water partition coefficient (Wildman–Crippen LogP) is 1.72. The Bertz CT molecular complexity index is 335. The summed E-state index contributed by atoms with van der Waals surface area (Å²) in [6, 6.07) is 6.74. The fourth-order valence-electron chi connectivity index (χ4n) is 1.16. The van der Waals surface area contributed by atoms with E-state index in [0.717, 1.165) is 6.42 Å². The second-order valence-electron chi connectivity index (χ2n) is 3.79. The summed E-state index contributed by atoms with van der Waals surface area (Å²) in [5.41, 5.74) is 0.689. The summed E-state index contributed by atoms with van der Waals surface area (Å²) in [4.78, 5) is 11.5.